The fraction of sp³-hybridized carbons (Fsp3) is 0.636. The van der Waals surface area contributed by atoms with Crippen LogP contribution in [-0.4, -0.2) is 15.6 Å². The molecule has 0 saturated carbocycles. The Morgan fingerprint density at radius 2 is 1.93 bits per heavy atom. The molecule has 1 rings (SSSR count). The lowest BCUT2D eigenvalue weighted by atomic mass is 10.0. The maximum absolute atomic E-state index is 13.2. The highest BCUT2D eigenvalue weighted by Crippen LogP contribution is 2.16. The Balaban J connectivity index is 2.68. The fourth-order valence-corrected chi connectivity index (χ4v) is 1.35. The number of alkyl halides is 1. The van der Waals surface area contributed by atoms with E-state index >= 15 is 0 Å². The monoisotopic (exact) mass is 196 g/mol. The fourth-order valence-electron chi connectivity index (χ4n) is 1.35. The van der Waals surface area contributed by atoms with E-state index in [1.807, 2.05) is 19.9 Å². The number of hydrogen-bond donors (Lipinski definition) is 0. The summed E-state index contributed by atoms with van der Waals surface area (Å²) in [6, 6.07) is 1.92. The molecule has 0 atom stereocenters. The van der Waals surface area contributed by atoms with E-state index in [0.717, 1.165) is 17.2 Å². The summed E-state index contributed by atoms with van der Waals surface area (Å²) in [5.74, 6) is 0.761. The second-order valence-electron chi connectivity index (χ2n) is 4.27. The summed E-state index contributed by atoms with van der Waals surface area (Å²) in [5.41, 5.74) is 0.761. The molecule has 0 fully saturated rings. The van der Waals surface area contributed by atoms with E-state index in [2.05, 4.69) is 9.97 Å². The van der Waals surface area contributed by atoms with E-state index < -0.39 is 5.67 Å². The van der Waals surface area contributed by atoms with Crippen LogP contribution in [0.3, 0.4) is 0 Å². The smallest absolute Gasteiger partial charge is 0.125 e. The number of rotatable bonds is 3. The summed E-state index contributed by atoms with van der Waals surface area (Å²) >= 11 is 0. The van der Waals surface area contributed by atoms with E-state index in [1.54, 1.807) is 13.8 Å². The van der Waals surface area contributed by atoms with Gasteiger partial charge in [-0.05, 0) is 46.6 Å². The van der Waals surface area contributed by atoms with E-state index in [4.69, 9.17) is 0 Å². The SMILES string of the molecule is Cc1cc(CCC(C)(C)F)nc(C)n1. The first-order chi connectivity index (χ1) is 6.37. The molecule has 2 nitrogen and oxygen atoms in total. The first kappa shape index (κ1) is 11.1. The van der Waals surface area contributed by atoms with Crippen LogP contribution in [0.15, 0.2) is 6.07 Å². The zero-order chi connectivity index (χ0) is 10.8. The van der Waals surface area contributed by atoms with Crippen molar-refractivity contribution in [2.75, 3.05) is 0 Å². The van der Waals surface area contributed by atoms with Crippen LogP contribution in [0.4, 0.5) is 4.39 Å². The summed E-state index contributed by atoms with van der Waals surface area (Å²) < 4.78 is 13.2. The Kier molecular flexibility index (Phi) is 3.19. The van der Waals surface area contributed by atoms with E-state index in [9.17, 15) is 4.39 Å². The van der Waals surface area contributed by atoms with Crippen molar-refractivity contribution in [1.29, 1.82) is 0 Å². The van der Waals surface area contributed by atoms with Crippen molar-refractivity contribution in [2.24, 2.45) is 0 Å². The Morgan fingerprint density at radius 3 is 2.43 bits per heavy atom. The summed E-state index contributed by atoms with van der Waals surface area (Å²) in [6.45, 7) is 6.97. The second kappa shape index (κ2) is 4.03. The number of aromatic nitrogens is 2. The molecule has 0 bridgehead atoms. The van der Waals surface area contributed by atoms with Gasteiger partial charge in [-0.15, -0.1) is 0 Å². The van der Waals surface area contributed by atoms with Gasteiger partial charge in [-0.2, -0.15) is 0 Å². The predicted molar refractivity (Wildman–Crippen MR) is 55.0 cm³/mol. The molecule has 1 aromatic rings. The topological polar surface area (TPSA) is 25.8 Å². The molecule has 0 unspecified atom stereocenters. The van der Waals surface area contributed by atoms with Gasteiger partial charge in [0.2, 0.25) is 0 Å². The zero-order valence-corrected chi connectivity index (χ0v) is 9.26. The number of hydrogen-bond acceptors (Lipinski definition) is 2. The molecule has 0 aliphatic heterocycles. The van der Waals surface area contributed by atoms with E-state index in [1.165, 1.54) is 0 Å². The second-order valence-corrected chi connectivity index (χ2v) is 4.27. The maximum Gasteiger partial charge on any atom is 0.125 e. The van der Waals surface area contributed by atoms with Gasteiger partial charge in [0, 0.05) is 11.4 Å². The number of nitrogens with zero attached hydrogens (tertiary/aromatic N) is 2. The van der Waals surface area contributed by atoms with Gasteiger partial charge in [0.25, 0.3) is 0 Å². The Labute approximate surface area is 84.6 Å². The first-order valence-electron chi connectivity index (χ1n) is 4.87. The molecular formula is C11H17FN2. The van der Waals surface area contributed by atoms with Gasteiger partial charge in [-0.3, -0.25) is 0 Å². The van der Waals surface area contributed by atoms with Crippen LogP contribution >= 0.6 is 0 Å². The van der Waals surface area contributed by atoms with Gasteiger partial charge in [0.05, 0.1) is 0 Å². The third-order valence-corrected chi connectivity index (χ3v) is 1.99. The van der Waals surface area contributed by atoms with E-state index in [0.29, 0.717) is 12.8 Å². The average Bonchev–Trinajstić information content (AvgIpc) is 1.97. The Bertz CT molecular complexity index is 295. The lowest BCUT2D eigenvalue weighted by Gasteiger charge is -2.13. The van der Waals surface area contributed by atoms with Gasteiger partial charge in [-0.1, -0.05) is 0 Å². The minimum Gasteiger partial charge on any atom is -0.244 e. The van der Waals surface area contributed by atoms with E-state index in [-0.39, 0.29) is 0 Å². The molecule has 0 N–H and O–H groups in total. The molecule has 3 heteroatoms. The van der Waals surface area contributed by atoms with Crippen molar-refractivity contribution in [1.82, 2.24) is 9.97 Å². The highest BCUT2D eigenvalue weighted by molar-refractivity contribution is 5.09. The molecule has 0 aliphatic rings. The van der Waals surface area contributed by atoms with Gasteiger partial charge in [-0.25, -0.2) is 14.4 Å². The van der Waals surface area contributed by atoms with Crippen LogP contribution in [0.2, 0.25) is 0 Å². The Morgan fingerprint density at radius 1 is 1.29 bits per heavy atom. The molecule has 0 amide bonds. The molecule has 0 spiro atoms. The predicted octanol–water partition coefficient (Wildman–Crippen LogP) is 2.77. The molecule has 1 heterocycles. The van der Waals surface area contributed by atoms with Crippen molar-refractivity contribution in [3.05, 3.63) is 23.3 Å². The summed E-state index contributed by atoms with van der Waals surface area (Å²) in [6.07, 6.45) is 1.18. The third-order valence-electron chi connectivity index (χ3n) is 1.99. The molecular weight excluding hydrogens is 179 g/mol. The highest BCUT2D eigenvalue weighted by Gasteiger charge is 2.15. The molecule has 78 valence electrons. The molecule has 14 heavy (non-hydrogen) atoms. The van der Waals surface area contributed by atoms with Gasteiger partial charge >= 0.3 is 0 Å². The average molecular weight is 196 g/mol. The van der Waals surface area contributed by atoms with Crippen LogP contribution in [-0.2, 0) is 6.42 Å². The van der Waals surface area contributed by atoms with Crippen LogP contribution in [0.25, 0.3) is 0 Å². The van der Waals surface area contributed by atoms with Gasteiger partial charge in [0.15, 0.2) is 0 Å². The zero-order valence-electron chi connectivity index (χ0n) is 9.26. The lowest BCUT2D eigenvalue weighted by Crippen LogP contribution is -2.13. The normalized spacial score (nSPS) is 11.8. The minimum absolute atomic E-state index is 0.503. The van der Waals surface area contributed by atoms with Gasteiger partial charge < -0.3 is 0 Å². The maximum atomic E-state index is 13.2. The van der Waals surface area contributed by atoms with Crippen molar-refractivity contribution >= 4 is 0 Å². The summed E-state index contributed by atoms with van der Waals surface area (Å²) in [7, 11) is 0. The number of halogens is 1. The third kappa shape index (κ3) is 3.81. The lowest BCUT2D eigenvalue weighted by molar-refractivity contribution is 0.201. The van der Waals surface area contributed by atoms with Crippen molar-refractivity contribution in [2.45, 2.75) is 46.2 Å². The minimum atomic E-state index is -1.12. The number of aryl methyl sites for hydroxylation is 3. The highest BCUT2D eigenvalue weighted by atomic mass is 19.1. The van der Waals surface area contributed by atoms with Crippen LogP contribution < -0.4 is 0 Å². The van der Waals surface area contributed by atoms with Crippen molar-refractivity contribution in [3.8, 4) is 0 Å². The summed E-state index contributed by atoms with van der Waals surface area (Å²) in [5, 5.41) is 0. The van der Waals surface area contributed by atoms with Gasteiger partial charge in [0.1, 0.15) is 11.5 Å². The van der Waals surface area contributed by atoms with Crippen LogP contribution in [0.5, 0.6) is 0 Å². The first-order valence-corrected chi connectivity index (χ1v) is 4.87. The molecule has 0 saturated heterocycles. The van der Waals surface area contributed by atoms with Crippen molar-refractivity contribution < 1.29 is 4.39 Å². The van der Waals surface area contributed by atoms with Crippen LogP contribution in [0.1, 0.15) is 37.5 Å². The molecule has 0 aromatic carbocycles. The Hall–Kier alpha value is -0.990. The molecule has 1 aromatic heterocycles. The quantitative estimate of drug-likeness (QED) is 0.743. The molecule has 0 aliphatic carbocycles. The molecule has 0 radical (unpaired) electrons. The largest absolute Gasteiger partial charge is 0.244 e. The summed E-state index contributed by atoms with van der Waals surface area (Å²) in [4.78, 5) is 8.43. The van der Waals surface area contributed by atoms with Crippen molar-refractivity contribution in [3.63, 3.8) is 0 Å². The standard InChI is InChI=1S/C11H17FN2/c1-8-7-10(14-9(2)13-8)5-6-11(3,4)12/h7H,5-6H2,1-4H3. The van der Waals surface area contributed by atoms with Crippen LogP contribution in [0, 0.1) is 13.8 Å².